The Morgan fingerprint density at radius 1 is 1.24 bits per heavy atom. The van der Waals surface area contributed by atoms with Crippen molar-refractivity contribution in [1.29, 1.82) is 0 Å². The molecule has 0 unspecified atom stereocenters. The first-order chi connectivity index (χ1) is 12.0. The molecule has 0 aromatic heterocycles. The van der Waals surface area contributed by atoms with Crippen LogP contribution in [0, 0.1) is 6.92 Å². The molecule has 0 aliphatic carbocycles. The van der Waals surface area contributed by atoms with Gasteiger partial charge in [0.05, 0.1) is 4.47 Å². The first-order valence-corrected chi connectivity index (χ1v) is 8.91. The van der Waals surface area contributed by atoms with Gasteiger partial charge in [0.2, 0.25) is 5.91 Å². The Balaban J connectivity index is 1.55. The first-order valence-electron chi connectivity index (χ1n) is 8.12. The number of carbonyl (C=O) groups is 2. The second-order valence-corrected chi connectivity index (χ2v) is 6.82. The number of rotatable bonds is 5. The molecular formula is C19H19BrN2O3. The van der Waals surface area contributed by atoms with Gasteiger partial charge in [0, 0.05) is 24.3 Å². The highest BCUT2D eigenvalue weighted by Crippen LogP contribution is 2.26. The number of hydrogen-bond acceptors (Lipinski definition) is 3. The Kier molecular flexibility index (Phi) is 5.38. The Hall–Kier alpha value is -2.34. The highest BCUT2D eigenvalue weighted by molar-refractivity contribution is 9.10. The number of anilines is 2. The van der Waals surface area contributed by atoms with Crippen LogP contribution in [-0.2, 0) is 9.59 Å². The molecular weight excluding hydrogens is 384 g/mol. The van der Waals surface area contributed by atoms with Crippen molar-refractivity contribution in [2.24, 2.45) is 0 Å². The van der Waals surface area contributed by atoms with Crippen LogP contribution in [0.4, 0.5) is 11.4 Å². The third kappa shape index (κ3) is 4.39. The number of halogens is 1. The summed E-state index contributed by atoms with van der Waals surface area (Å²) in [6.07, 6.45) is 1.49. The molecule has 0 spiro atoms. The van der Waals surface area contributed by atoms with E-state index in [2.05, 4.69) is 21.2 Å². The van der Waals surface area contributed by atoms with E-state index in [9.17, 15) is 9.59 Å². The van der Waals surface area contributed by atoms with Crippen molar-refractivity contribution in [2.75, 3.05) is 23.4 Å². The molecule has 1 heterocycles. The number of amides is 2. The maximum Gasteiger partial charge on any atom is 0.262 e. The maximum absolute atomic E-state index is 12.0. The quantitative estimate of drug-likeness (QED) is 0.824. The lowest BCUT2D eigenvalue weighted by Crippen LogP contribution is -2.23. The van der Waals surface area contributed by atoms with Gasteiger partial charge < -0.3 is 15.0 Å². The Morgan fingerprint density at radius 2 is 2.00 bits per heavy atom. The van der Waals surface area contributed by atoms with Crippen molar-refractivity contribution >= 4 is 39.1 Å². The Morgan fingerprint density at radius 3 is 2.64 bits per heavy atom. The van der Waals surface area contributed by atoms with Gasteiger partial charge >= 0.3 is 0 Å². The molecule has 2 aromatic carbocycles. The Bertz CT molecular complexity index is 790. The molecule has 2 aromatic rings. The van der Waals surface area contributed by atoms with Crippen molar-refractivity contribution in [3.63, 3.8) is 0 Å². The predicted molar refractivity (Wildman–Crippen MR) is 101 cm³/mol. The van der Waals surface area contributed by atoms with E-state index in [0.717, 1.165) is 28.7 Å². The molecule has 1 aliphatic heterocycles. The van der Waals surface area contributed by atoms with Crippen LogP contribution in [0.2, 0.25) is 0 Å². The standard InChI is InChI=1S/C19H19BrN2O3/c1-13-4-9-17(16(20)11-13)25-12-18(23)21-14-5-7-15(8-6-14)22-10-2-3-19(22)24/h4-9,11H,2-3,10,12H2,1H3,(H,21,23). The third-order valence-corrected chi connectivity index (χ3v) is 4.60. The van der Waals surface area contributed by atoms with Gasteiger partial charge in [-0.15, -0.1) is 0 Å². The molecule has 130 valence electrons. The zero-order valence-electron chi connectivity index (χ0n) is 13.9. The lowest BCUT2D eigenvalue weighted by atomic mass is 10.2. The Labute approximate surface area is 155 Å². The topological polar surface area (TPSA) is 58.6 Å². The van der Waals surface area contributed by atoms with Crippen molar-refractivity contribution in [2.45, 2.75) is 19.8 Å². The highest BCUT2D eigenvalue weighted by Gasteiger charge is 2.21. The lowest BCUT2D eigenvalue weighted by Gasteiger charge is -2.16. The van der Waals surface area contributed by atoms with Crippen LogP contribution in [0.25, 0.3) is 0 Å². The number of ether oxygens (including phenoxy) is 1. The summed E-state index contributed by atoms with van der Waals surface area (Å²) in [7, 11) is 0. The molecule has 6 heteroatoms. The van der Waals surface area contributed by atoms with E-state index in [-0.39, 0.29) is 18.4 Å². The van der Waals surface area contributed by atoms with Crippen LogP contribution in [-0.4, -0.2) is 25.0 Å². The van der Waals surface area contributed by atoms with Crippen LogP contribution in [0.3, 0.4) is 0 Å². The minimum absolute atomic E-state index is 0.0754. The average Bonchev–Trinajstić information content (AvgIpc) is 3.01. The fourth-order valence-electron chi connectivity index (χ4n) is 2.71. The zero-order valence-corrected chi connectivity index (χ0v) is 15.5. The van der Waals surface area contributed by atoms with Crippen LogP contribution < -0.4 is 15.0 Å². The van der Waals surface area contributed by atoms with Gasteiger partial charge in [-0.1, -0.05) is 6.07 Å². The number of aryl methyl sites for hydroxylation is 1. The van der Waals surface area contributed by atoms with Gasteiger partial charge in [-0.3, -0.25) is 9.59 Å². The lowest BCUT2D eigenvalue weighted by molar-refractivity contribution is -0.118. The summed E-state index contributed by atoms with van der Waals surface area (Å²) in [6.45, 7) is 2.67. The molecule has 1 fully saturated rings. The third-order valence-electron chi connectivity index (χ3n) is 3.98. The summed E-state index contributed by atoms with van der Waals surface area (Å²) < 4.78 is 6.35. The molecule has 1 saturated heterocycles. The van der Waals surface area contributed by atoms with Gasteiger partial charge in [0.15, 0.2) is 6.61 Å². The highest BCUT2D eigenvalue weighted by atomic mass is 79.9. The van der Waals surface area contributed by atoms with Gasteiger partial charge in [-0.2, -0.15) is 0 Å². The molecule has 0 radical (unpaired) electrons. The van der Waals surface area contributed by atoms with E-state index in [1.807, 2.05) is 37.3 Å². The maximum atomic E-state index is 12.0. The minimum atomic E-state index is -0.238. The molecule has 0 saturated carbocycles. The number of carbonyl (C=O) groups excluding carboxylic acids is 2. The molecule has 1 N–H and O–H groups in total. The number of nitrogens with one attached hydrogen (secondary N) is 1. The minimum Gasteiger partial charge on any atom is -0.483 e. The summed E-state index contributed by atoms with van der Waals surface area (Å²) in [5, 5.41) is 2.79. The van der Waals surface area contributed by atoms with E-state index in [0.29, 0.717) is 17.9 Å². The fourth-order valence-corrected chi connectivity index (χ4v) is 3.32. The van der Waals surface area contributed by atoms with E-state index in [1.54, 1.807) is 17.0 Å². The largest absolute Gasteiger partial charge is 0.483 e. The van der Waals surface area contributed by atoms with Crippen LogP contribution in [0.5, 0.6) is 5.75 Å². The van der Waals surface area contributed by atoms with Gasteiger partial charge in [0.25, 0.3) is 5.91 Å². The second-order valence-electron chi connectivity index (χ2n) is 5.97. The van der Waals surface area contributed by atoms with Crippen LogP contribution in [0.1, 0.15) is 18.4 Å². The SMILES string of the molecule is Cc1ccc(OCC(=O)Nc2ccc(N3CCCC3=O)cc2)c(Br)c1. The molecule has 2 amide bonds. The second kappa shape index (κ2) is 7.70. The first kappa shape index (κ1) is 17.5. The van der Waals surface area contributed by atoms with Crippen molar-refractivity contribution < 1.29 is 14.3 Å². The normalized spacial score (nSPS) is 13.8. The summed E-state index contributed by atoms with van der Waals surface area (Å²) in [4.78, 5) is 25.6. The summed E-state index contributed by atoms with van der Waals surface area (Å²) in [5.74, 6) is 0.537. The number of benzene rings is 2. The van der Waals surface area contributed by atoms with Crippen LogP contribution in [0.15, 0.2) is 46.9 Å². The van der Waals surface area contributed by atoms with Crippen molar-refractivity contribution in [3.8, 4) is 5.75 Å². The van der Waals surface area contributed by atoms with Crippen molar-refractivity contribution in [1.82, 2.24) is 0 Å². The van der Waals surface area contributed by atoms with Crippen LogP contribution >= 0.6 is 15.9 Å². The monoisotopic (exact) mass is 402 g/mol. The summed E-state index contributed by atoms with van der Waals surface area (Å²) in [5.41, 5.74) is 2.65. The smallest absolute Gasteiger partial charge is 0.262 e. The summed E-state index contributed by atoms with van der Waals surface area (Å²) >= 11 is 3.42. The van der Waals surface area contributed by atoms with Gasteiger partial charge in [0.1, 0.15) is 5.75 Å². The molecule has 1 aliphatic rings. The van der Waals surface area contributed by atoms with E-state index >= 15 is 0 Å². The zero-order chi connectivity index (χ0) is 17.8. The molecule has 5 nitrogen and oxygen atoms in total. The molecule has 3 rings (SSSR count). The predicted octanol–water partition coefficient (Wildman–Crippen LogP) is 3.90. The molecule has 25 heavy (non-hydrogen) atoms. The van der Waals surface area contributed by atoms with Gasteiger partial charge in [-0.05, 0) is 71.2 Å². The van der Waals surface area contributed by atoms with Gasteiger partial charge in [-0.25, -0.2) is 0 Å². The van der Waals surface area contributed by atoms with E-state index in [4.69, 9.17) is 4.74 Å². The van der Waals surface area contributed by atoms with E-state index in [1.165, 1.54) is 0 Å². The van der Waals surface area contributed by atoms with Crippen molar-refractivity contribution in [3.05, 3.63) is 52.5 Å². The average molecular weight is 403 g/mol. The number of hydrogen-bond donors (Lipinski definition) is 1. The van der Waals surface area contributed by atoms with E-state index < -0.39 is 0 Å². The summed E-state index contributed by atoms with van der Waals surface area (Å²) in [6, 6.07) is 13.0. The molecule has 0 bridgehead atoms. The number of nitrogens with zero attached hydrogens (tertiary/aromatic N) is 1. The fraction of sp³-hybridized carbons (Fsp3) is 0.263. The molecule has 0 atom stereocenters.